The molecule has 0 aliphatic rings. The molecule has 0 aromatic rings. The molecule has 0 radical (unpaired) electrons. The van der Waals surface area contributed by atoms with Gasteiger partial charge in [0.15, 0.2) is 0 Å². The molecule has 0 rings (SSSR count). The fourth-order valence-electron chi connectivity index (χ4n) is 0.748. The predicted molar refractivity (Wildman–Crippen MR) is 42.6 cm³/mol. The summed E-state index contributed by atoms with van der Waals surface area (Å²) in [6, 6.07) is 0. The van der Waals surface area contributed by atoms with E-state index in [2.05, 4.69) is 4.74 Å². The minimum absolute atomic E-state index is 0.0129. The molecular formula is C8H14O4. The summed E-state index contributed by atoms with van der Waals surface area (Å²) in [5.74, 6) is -0.440. The number of hydrogen-bond acceptors (Lipinski definition) is 4. The molecule has 0 aromatic heterocycles. The van der Waals surface area contributed by atoms with Gasteiger partial charge in [-0.15, -0.1) is 0 Å². The summed E-state index contributed by atoms with van der Waals surface area (Å²) in [5.41, 5.74) is 0. The number of rotatable bonds is 5. The monoisotopic (exact) mass is 174 g/mol. The number of Topliss-reactive ketones (excluding diaryl/α,β-unsaturated/α-hetero) is 1. The first-order chi connectivity index (χ1) is 5.56. The van der Waals surface area contributed by atoms with Crippen LogP contribution in [0.1, 0.15) is 26.2 Å². The fourth-order valence-corrected chi connectivity index (χ4v) is 0.748. The van der Waals surface area contributed by atoms with E-state index in [0.717, 1.165) is 0 Å². The first kappa shape index (κ1) is 11.1. The second-order valence-electron chi connectivity index (χ2n) is 2.67. The van der Waals surface area contributed by atoms with E-state index in [1.165, 1.54) is 14.0 Å². The van der Waals surface area contributed by atoms with Gasteiger partial charge < -0.3 is 14.6 Å². The highest BCUT2D eigenvalue weighted by atomic mass is 16.5. The number of aliphatic hydroxyl groups excluding tert-OH is 1. The van der Waals surface area contributed by atoms with E-state index in [9.17, 15) is 9.59 Å². The van der Waals surface area contributed by atoms with Crippen molar-refractivity contribution in [2.24, 2.45) is 0 Å². The minimum atomic E-state index is -0.763. The topological polar surface area (TPSA) is 63.6 Å². The van der Waals surface area contributed by atoms with Crippen LogP contribution in [0.4, 0.5) is 0 Å². The van der Waals surface area contributed by atoms with Gasteiger partial charge >= 0.3 is 5.97 Å². The molecule has 0 bridgehead atoms. The molecule has 0 heterocycles. The van der Waals surface area contributed by atoms with Gasteiger partial charge in [0, 0.05) is 6.42 Å². The van der Waals surface area contributed by atoms with Gasteiger partial charge in [-0.1, -0.05) is 0 Å². The highest BCUT2D eigenvalue weighted by Crippen LogP contribution is 2.02. The Kier molecular flexibility index (Phi) is 5.28. The summed E-state index contributed by atoms with van der Waals surface area (Å²) in [6.07, 6.45) is -0.173. The lowest BCUT2D eigenvalue weighted by atomic mass is 10.1. The second kappa shape index (κ2) is 5.71. The normalized spacial score (nSPS) is 12.2. The number of aliphatic hydroxyl groups is 1. The van der Waals surface area contributed by atoms with Gasteiger partial charge in [-0.3, -0.25) is 4.79 Å². The molecule has 0 fully saturated rings. The van der Waals surface area contributed by atoms with Crippen LogP contribution < -0.4 is 0 Å². The van der Waals surface area contributed by atoms with Crippen molar-refractivity contribution in [3.8, 4) is 0 Å². The lowest BCUT2D eigenvalue weighted by molar-refractivity contribution is -0.143. The van der Waals surface area contributed by atoms with Crippen molar-refractivity contribution < 1.29 is 19.4 Å². The SMILES string of the molecule is COC(=O)CC(O)CCC(C)=O. The smallest absolute Gasteiger partial charge is 0.308 e. The molecule has 1 unspecified atom stereocenters. The third-order valence-electron chi connectivity index (χ3n) is 1.46. The molecule has 4 heteroatoms. The number of carbonyl (C=O) groups is 2. The maximum atomic E-state index is 10.6. The van der Waals surface area contributed by atoms with Gasteiger partial charge in [0.05, 0.1) is 19.6 Å². The summed E-state index contributed by atoms with van der Waals surface area (Å²) in [4.78, 5) is 21.1. The van der Waals surface area contributed by atoms with Gasteiger partial charge in [-0.2, -0.15) is 0 Å². The van der Waals surface area contributed by atoms with Crippen LogP contribution in [0.2, 0.25) is 0 Å². The highest BCUT2D eigenvalue weighted by Gasteiger charge is 2.11. The van der Waals surface area contributed by atoms with Crippen molar-refractivity contribution >= 4 is 11.8 Å². The molecule has 70 valence electrons. The second-order valence-corrected chi connectivity index (χ2v) is 2.67. The third kappa shape index (κ3) is 5.85. The summed E-state index contributed by atoms with van der Waals surface area (Å²) in [5, 5.41) is 9.15. The Morgan fingerprint density at radius 2 is 2.08 bits per heavy atom. The quantitative estimate of drug-likeness (QED) is 0.608. The van der Waals surface area contributed by atoms with Crippen molar-refractivity contribution in [2.75, 3.05) is 7.11 Å². The minimum Gasteiger partial charge on any atom is -0.469 e. The molecule has 0 aliphatic carbocycles. The van der Waals surface area contributed by atoms with E-state index in [0.29, 0.717) is 12.8 Å². The number of methoxy groups -OCH3 is 1. The number of esters is 1. The third-order valence-corrected chi connectivity index (χ3v) is 1.46. The number of ketones is 1. The van der Waals surface area contributed by atoms with Gasteiger partial charge in [-0.05, 0) is 13.3 Å². The highest BCUT2D eigenvalue weighted by molar-refractivity contribution is 5.75. The maximum absolute atomic E-state index is 10.6. The molecule has 1 atom stereocenters. The van der Waals surface area contributed by atoms with Gasteiger partial charge in [0.1, 0.15) is 5.78 Å². The lowest BCUT2D eigenvalue weighted by Gasteiger charge is -2.06. The molecular weight excluding hydrogens is 160 g/mol. The zero-order chi connectivity index (χ0) is 9.56. The summed E-state index contributed by atoms with van der Waals surface area (Å²) >= 11 is 0. The average molecular weight is 174 g/mol. The Morgan fingerprint density at radius 1 is 1.50 bits per heavy atom. The first-order valence-corrected chi connectivity index (χ1v) is 3.80. The van der Waals surface area contributed by atoms with Crippen molar-refractivity contribution in [2.45, 2.75) is 32.3 Å². The molecule has 0 aromatic carbocycles. The summed E-state index contributed by atoms with van der Waals surface area (Å²) < 4.78 is 4.34. The van der Waals surface area contributed by atoms with Crippen LogP contribution in [0, 0.1) is 0 Å². The van der Waals surface area contributed by atoms with Gasteiger partial charge in [-0.25, -0.2) is 0 Å². The van der Waals surface area contributed by atoms with Gasteiger partial charge in [0.2, 0.25) is 0 Å². The van der Waals surface area contributed by atoms with E-state index in [1.54, 1.807) is 0 Å². The van der Waals surface area contributed by atoms with Crippen LogP contribution in [0.5, 0.6) is 0 Å². The summed E-state index contributed by atoms with van der Waals surface area (Å²) in [6.45, 7) is 1.45. The Morgan fingerprint density at radius 3 is 2.50 bits per heavy atom. The molecule has 12 heavy (non-hydrogen) atoms. The Labute approximate surface area is 71.5 Å². The molecule has 0 saturated heterocycles. The summed E-state index contributed by atoms with van der Waals surface area (Å²) in [7, 11) is 1.26. The molecule has 0 saturated carbocycles. The van der Waals surface area contributed by atoms with Crippen LogP contribution in [0.25, 0.3) is 0 Å². The first-order valence-electron chi connectivity index (χ1n) is 3.80. The van der Waals surface area contributed by atoms with E-state index in [1.807, 2.05) is 0 Å². The van der Waals surface area contributed by atoms with Crippen LogP contribution >= 0.6 is 0 Å². The Bertz CT molecular complexity index is 164. The van der Waals surface area contributed by atoms with Crippen molar-refractivity contribution in [3.05, 3.63) is 0 Å². The van der Waals surface area contributed by atoms with Crippen molar-refractivity contribution in [1.82, 2.24) is 0 Å². The zero-order valence-corrected chi connectivity index (χ0v) is 7.37. The number of carbonyl (C=O) groups excluding carboxylic acids is 2. The van der Waals surface area contributed by atoms with Crippen molar-refractivity contribution in [3.63, 3.8) is 0 Å². The molecule has 0 aliphatic heterocycles. The zero-order valence-electron chi connectivity index (χ0n) is 7.37. The van der Waals surface area contributed by atoms with Crippen molar-refractivity contribution in [1.29, 1.82) is 0 Å². The van der Waals surface area contributed by atoms with Gasteiger partial charge in [0.25, 0.3) is 0 Å². The molecule has 1 N–H and O–H groups in total. The largest absolute Gasteiger partial charge is 0.469 e. The van der Waals surface area contributed by atoms with Crippen LogP contribution in [-0.4, -0.2) is 30.1 Å². The Balaban J connectivity index is 3.52. The molecule has 4 nitrogen and oxygen atoms in total. The number of hydrogen-bond donors (Lipinski definition) is 1. The van der Waals surface area contributed by atoms with E-state index < -0.39 is 12.1 Å². The van der Waals surface area contributed by atoms with Crippen LogP contribution in [0.15, 0.2) is 0 Å². The predicted octanol–water partition coefficient (Wildman–Crippen LogP) is 0.280. The lowest BCUT2D eigenvalue weighted by Crippen LogP contribution is -2.15. The van der Waals surface area contributed by atoms with E-state index in [-0.39, 0.29) is 12.2 Å². The number of ether oxygens (including phenoxy) is 1. The standard InChI is InChI=1S/C8H14O4/c1-6(9)3-4-7(10)5-8(11)12-2/h7,10H,3-5H2,1-2H3. The van der Waals surface area contributed by atoms with E-state index >= 15 is 0 Å². The van der Waals surface area contributed by atoms with Crippen LogP contribution in [0.3, 0.4) is 0 Å². The molecule has 0 spiro atoms. The Hall–Kier alpha value is -0.900. The maximum Gasteiger partial charge on any atom is 0.308 e. The average Bonchev–Trinajstić information content (AvgIpc) is 2.00. The fraction of sp³-hybridized carbons (Fsp3) is 0.750. The molecule has 0 amide bonds. The van der Waals surface area contributed by atoms with E-state index in [4.69, 9.17) is 5.11 Å². The van der Waals surface area contributed by atoms with Crippen LogP contribution in [-0.2, 0) is 14.3 Å².